The number of ether oxygens (including phenoxy) is 2. The van der Waals surface area contributed by atoms with Crippen LogP contribution in [0.2, 0.25) is 0 Å². The molecule has 0 unspecified atom stereocenters. The van der Waals surface area contributed by atoms with Crippen LogP contribution in [-0.2, 0) is 9.53 Å². The maximum absolute atomic E-state index is 12.9. The summed E-state index contributed by atoms with van der Waals surface area (Å²) in [6, 6.07) is 1.90. The van der Waals surface area contributed by atoms with Crippen molar-refractivity contribution in [2.24, 2.45) is 0 Å². The fraction of sp³-hybridized carbons (Fsp3) is 0.667. The molecule has 1 amide bonds. The third-order valence-electron chi connectivity index (χ3n) is 4.31. The van der Waals surface area contributed by atoms with Crippen LogP contribution in [0.5, 0.6) is 5.88 Å². The van der Waals surface area contributed by atoms with Gasteiger partial charge >= 0.3 is 0 Å². The Balaban J connectivity index is 2.13. The summed E-state index contributed by atoms with van der Waals surface area (Å²) >= 11 is 0. The first-order chi connectivity index (χ1) is 11.1. The Hall–Kier alpha value is -1.62. The Morgan fingerprint density at radius 2 is 1.91 bits per heavy atom. The molecule has 1 aliphatic rings. The Morgan fingerprint density at radius 3 is 2.48 bits per heavy atom. The summed E-state index contributed by atoms with van der Waals surface area (Å²) in [4.78, 5) is 17.1. The highest BCUT2D eigenvalue weighted by Crippen LogP contribution is 2.32. The summed E-state index contributed by atoms with van der Waals surface area (Å²) in [5.74, 6) is 0.561. The van der Waals surface area contributed by atoms with E-state index < -0.39 is 5.60 Å². The number of pyridine rings is 1. The zero-order valence-electron chi connectivity index (χ0n) is 14.5. The number of aromatic nitrogens is 1. The van der Waals surface area contributed by atoms with Crippen molar-refractivity contribution in [1.29, 1.82) is 0 Å². The first-order valence-electron chi connectivity index (χ1n) is 8.66. The highest BCUT2D eigenvalue weighted by Gasteiger charge is 2.39. The molecule has 5 nitrogen and oxygen atoms in total. The number of nitrogens with one attached hydrogen (secondary N) is 1. The van der Waals surface area contributed by atoms with E-state index in [2.05, 4.69) is 10.3 Å². The van der Waals surface area contributed by atoms with E-state index in [9.17, 15) is 4.79 Å². The molecule has 0 aromatic carbocycles. The molecular weight excluding hydrogens is 292 g/mol. The lowest BCUT2D eigenvalue weighted by Crippen LogP contribution is -2.45. The summed E-state index contributed by atoms with van der Waals surface area (Å²) in [6.07, 6.45) is 7.64. The average Bonchev–Trinajstić information content (AvgIpc) is 2.77. The first kappa shape index (κ1) is 17.7. The highest BCUT2D eigenvalue weighted by molar-refractivity contribution is 5.97. The molecule has 0 aliphatic heterocycles. The molecule has 128 valence electrons. The van der Waals surface area contributed by atoms with Crippen molar-refractivity contribution in [3.63, 3.8) is 0 Å². The minimum absolute atomic E-state index is 0.0494. The van der Waals surface area contributed by atoms with E-state index in [1.807, 2.05) is 26.8 Å². The number of hydrogen-bond donors (Lipinski definition) is 1. The van der Waals surface area contributed by atoms with Crippen LogP contribution in [0.15, 0.2) is 12.3 Å². The molecular formula is C18H28N2O3. The summed E-state index contributed by atoms with van der Waals surface area (Å²) < 4.78 is 11.4. The maximum Gasteiger partial charge on any atom is 0.256 e. The number of rotatable bonds is 6. The van der Waals surface area contributed by atoms with Crippen LogP contribution in [-0.4, -0.2) is 29.7 Å². The Labute approximate surface area is 138 Å². The van der Waals surface area contributed by atoms with Gasteiger partial charge in [-0.05, 0) is 39.7 Å². The minimum atomic E-state index is -0.697. The molecule has 0 spiro atoms. The van der Waals surface area contributed by atoms with Gasteiger partial charge in [0.15, 0.2) is 0 Å². The van der Waals surface area contributed by atoms with Gasteiger partial charge in [-0.15, -0.1) is 0 Å². The average molecular weight is 320 g/mol. The smallest absolute Gasteiger partial charge is 0.256 e. The van der Waals surface area contributed by atoms with Crippen molar-refractivity contribution < 1.29 is 14.3 Å². The van der Waals surface area contributed by atoms with Gasteiger partial charge in [-0.2, -0.15) is 0 Å². The van der Waals surface area contributed by atoms with Crippen LogP contribution in [0.25, 0.3) is 0 Å². The van der Waals surface area contributed by atoms with Gasteiger partial charge in [-0.1, -0.05) is 25.7 Å². The van der Waals surface area contributed by atoms with Crippen LogP contribution < -0.4 is 10.1 Å². The number of aryl methyl sites for hydroxylation is 1. The normalized spacial score (nSPS) is 17.3. The molecule has 1 N–H and O–H groups in total. The topological polar surface area (TPSA) is 60.5 Å². The van der Waals surface area contributed by atoms with E-state index in [0.717, 1.165) is 31.2 Å². The molecule has 0 bridgehead atoms. The van der Waals surface area contributed by atoms with Crippen molar-refractivity contribution in [1.82, 2.24) is 4.98 Å². The number of carbonyl (C=O) groups excluding carboxylic acids is 1. The van der Waals surface area contributed by atoms with Gasteiger partial charge in [0.1, 0.15) is 5.60 Å². The van der Waals surface area contributed by atoms with Gasteiger partial charge in [0.2, 0.25) is 5.88 Å². The molecule has 1 aromatic rings. The van der Waals surface area contributed by atoms with Crippen LogP contribution in [0.1, 0.15) is 57.9 Å². The largest absolute Gasteiger partial charge is 0.478 e. The summed E-state index contributed by atoms with van der Waals surface area (Å²) in [5, 5.41) is 2.99. The van der Waals surface area contributed by atoms with Gasteiger partial charge in [-0.25, -0.2) is 4.98 Å². The Morgan fingerprint density at radius 1 is 1.22 bits per heavy atom. The Kier molecular flexibility index (Phi) is 6.39. The predicted molar refractivity (Wildman–Crippen MR) is 90.8 cm³/mol. The number of amides is 1. The molecule has 23 heavy (non-hydrogen) atoms. The van der Waals surface area contributed by atoms with Gasteiger partial charge in [0.25, 0.3) is 5.91 Å². The lowest BCUT2D eigenvalue weighted by atomic mass is 9.93. The lowest BCUT2D eigenvalue weighted by Gasteiger charge is -2.31. The predicted octanol–water partition coefficient (Wildman–Crippen LogP) is 3.86. The third kappa shape index (κ3) is 4.44. The van der Waals surface area contributed by atoms with E-state index in [4.69, 9.17) is 9.47 Å². The van der Waals surface area contributed by atoms with Crippen LogP contribution in [0.3, 0.4) is 0 Å². The summed E-state index contributed by atoms with van der Waals surface area (Å²) in [7, 11) is 0. The van der Waals surface area contributed by atoms with Gasteiger partial charge < -0.3 is 14.8 Å². The van der Waals surface area contributed by atoms with Gasteiger partial charge in [0, 0.05) is 12.2 Å². The van der Waals surface area contributed by atoms with E-state index >= 15 is 0 Å². The van der Waals surface area contributed by atoms with Crippen molar-refractivity contribution in [2.75, 3.05) is 18.5 Å². The quantitative estimate of drug-likeness (QED) is 0.809. The monoisotopic (exact) mass is 320 g/mol. The zero-order valence-corrected chi connectivity index (χ0v) is 14.5. The van der Waals surface area contributed by atoms with Crippen LogP contribution >= 0.6 is 0 Å². The van der Waals surface area contributed by atoms with E-state index in [-0.39, 0.29) is 5.91 Å². The molecule has 1 fully saturated rings. The highest BCUT2D eigenvalue weighted by atomic mass is 16.5. The molecule has 5 heteroatoms. The fourth-order valence-corrected chi connectivity index (χ4v) is 3.18. The second-order valence-corrected chi connectivity index (χ2v) is 6.07. The molecule has 2 rings (SSSR count). The fourth-order valence-electron chi connectivity index (χ4n) is 3.18. The van der Waals surface area contributed by atoms with Crippen molar-refractivity contribution in [2.45, 2.75) is 64.9 Å². The van der Waals surface area contributed by atoms with Crippen molar-refractivity contribution in [3.05, 3.63) is 17.8 Å². The number of anilines is 1. The van der Waals surface area contributed by atoms with Crippen molar-refractivity contribution >= 4 is 11.6 Å². The molecule has 0 radical (unpaired) electrons. The maximum atomic E-state index is 12.9. The van der Waals surface area contributed by atoms with E-state index in [1.54, 1.807) is 6.20 Å². The van der Waals surface area contributed by atoms with E-state index in [0.29, 0.717) is 24.8 Å². The molecule has 0 atom stereocenters. The standard InChI is InChI=1S/C18H28N2O3/c1-4-22-16-14(3)12-15(13-19-16)20-17(21)18(23-5-2)10-8-6-7-9-11-18/h12-13H,4-11H2,1-3H3,(H,20,21). The summed E-state index contributed by atoms with van der Waals surface area (Å²) in [5.41, 5.74) is 0.910. The molecule has 0 saturated heterocycles. The summed E-state index contributed by atoms with van der Waals surface area (Å²) in [6.45, 7) is 6.93. The second kappa shape index (κ2) is 8.29. The minimum Gasteiger partial charge on any atom is -0.478 e. The molecule has 1 heterocycles. The van der Waals surface area contributed by atoms with Gasteiger partial charge in [0.05, 0.1) is 18.5 Å². The number of carbonyl (C=O) groups is 1. The molecule has 1 saturated carbocycles. The third-order valence-corrected chi connectivity index (χ3v) is 4.31. The van der Waals surface area contributed by atoms with Crippen LogP contribution in [0, 0.1) is 6.92 Å². The van der Waals surface area contributed by atoms with Gasteiger partial charge in [-0.3, -0.25) is 4.79 Å². The van der Waals surface area contributed by atoms with Crippen LogP contribution in [0.4, 0.5) is 5.69 Å². The number of nitrogens with zero attached hydrogens (tertiary/aromatic N) is 1. The zero-order chi connectivity index (χ0) is 16.7. The molecule has 1 aromatic heterocycles. The number of hydrogen-bond acceptors (Lipinski definition) is 4. The molecule has 1 aliphatic carbocycles. The van der Waals surface area contributed by atoms with Crippen molar-refractivity contribution in [3.8, 4) is 5.88 Å². The first-order valence-corrected chi connectivity index (χ1v) is 8.66. The second-order valence-electron chi connectivity index (χ2n) is 6.07. The Bertz CT molecular complexity index is 523. The SMILES string of the molecule is CCOc1ncc(NC(=O)C2(OCC)CCCCCC2)cc1C. The lowest BCUT2D eigenvalue weighted by molar-refractivity contribution is -0.143. The van der Waals surface area contributed by atoms with E-state index in [1.165, 1.54) is 12.8 Å².